The molecule has 2 heterocycles. The average molecular weight is 407 g/mol. The van der Waals surface area contributed by atoms with Gasteiger partial charge in [-0.05, 0) is 48.4 Å². The summed E-state index contributed by atoms with van der Waals surface area (Å²) < 4.78 is 15.7. The van der Waals surface area contributed by atoms with Crippen LogP contribution < -0.4 is 25.0 Å². The third-order valence-corrected chi connectivity index (χ3v) is 4.86. The maximum Gasteiger partial charge on any atom is 0.323 e. The van der Waals surface area contributed by atoms with E-state index >= 15 is 0 Å². The monoisotopic (exact) mass is 407 g/mol. The van der Waals surface area contributed by atoms with Gasteiger partial charge < -0.3 is 29.4 Å². The zero-order valence-corrected chi connectivity index (χ0v) is 16.6. The minimum Gasteiger partial charge on any atom is -0.493 e. The minimum atomic E-state index is -0.413. The van der Waals surface area contributed by atoms with Crippen molar-refractivity contribution >= 4 is 29.0 Å². The highest BCUT2D eigenvalue weighted by atomic mass is 16.5. The standard InChI is InChI=1S/C22H21N3O5/c1-28-18-8-7-16(13-20(18)29-2)24-22(27)23-15-6-5-14-9-10-25(17(14)12-15)21(26)19-4-3-11-30-19/h3-8,11-13H,9-10H2,1-2H3,(H2,23,24,27). The van der Waals surface area contributed by atoms with Crippen molar-refractivity contribution in [1.82, 2.24) is 0 Å². The summed E-state index contributed by atoms with van der Waals surface area (Å²) in [5.41, 5.74) is 2.94. The summed E-state index contributed by atoms with van der Waals surface area (Å²) in [6, 6.07) is 13.5. The van der Waals surface area contributed by atoms with Gasteiger partial charge in [-0.1, -0.05) is 6.07 Å². The molecule has 8 heteroatoms. The lowest BCUT2D eigenvalue weighted by Gasteiger charge is -2.17. The van der Waals surface area contributed by atoms with Gasteiger partial charge >= 0.3 is 6.03 Å². The topological polar surface area (TPSA) is 93.0 Å². The molecule has 0 radical (unpaired) electrons. The molecule has 0 aliphatic carbocycles. The molecule has 0 unspecified atom stereocenters. The van der Waals surface area contributed by atoms with Crippen LogP contribution in [0, 0.1) is 0 Å². The lowest BCUT2D eigenvalue weighted by atomic mass is 10.1. The van der Waals surface area contributed by atoms with E-state index in [-0.39, 0.29) is 11.7 Å². The third-order valence-electron chi connectivity index (χ3n) is 4.86. The Morgan fingerprint density at radius 3 is 2.40 bits per heavy atom. The molecule has 1 aromatic heterocycles. The summed E-state index contributed by atoms with van der Waals surface area (Å²) in [5, 5.41) is 5.56. The predicted octanol–water partition coefficient (Wildman–Crippen LogP) is 4.14. The van der Waals surface area contributed by atoms with Crippen molar-refractivity contribution in [2.45, 2.75) is 6.42 Å². The highest BCUT2D eigenvalue weighted by molar-refractivity contribution is 6.06. The van der Waals surface area contributed by atoms with Crippen molar-refractivity contribution in [3.63, 3.8) is 0 Å². The predicted molar refractivity (Wildman–Crippen MR) is 113 cm³/mol. The number of rotatable bonds is 5. The molecule has 3 aromatic rings. The number of urea groups is 1. The van der Waals surface area contributed by atoms with E-state index in [1.54, 1.807) is 48.4 Å². The number of furan rings is 1. The molecule has 1 aliphatic heterocycles. The molecule has 8 nitrogen and oxygen atoms in total. The van der Waals surface area contributed by atoms with Gasteiger partial charge in [0.15, 0.2) is 17.3 Å². The van der Waals surface area contributed by atoms with Crippen molar-refractivity contribution < 1.29 is 23.5 Å². The van der Waals surface area contributed by atoms with Crippen molar-refractivity contribution in [2.24, 2.45) is 0 Å². The van der Waals surface area contributed by atoms with Gasteiger partial charge in [0, 0.05) is 29.7 Å². The Kier molecular flexibility index (Phi) is 5.30. The van der Waals surface area contributed by atoms with Crippen molar-refractivity contribution in [2.75, 3.05) is 36.3 Å². The van der Waals surface area contributed by atoms with Gasteiger partial charge in [0.2, 0.25) is 0 Å². The number of benzene rings is 2. The van der Waals surface area contributed by atoms with Gasteiger partial charge in [-0.15, -0.1) is 0 Å². The first kappa shape index (κ1) is 19.4. The van der Waals surface area contributed by atoms with Crippen LogP contribution in [0.25, 0.3) is 0 Å². The normalized spacial score (nSPS) is 12.3. The van der Waals surface area contributed by atoms with Gasteiger partial charge in [-0.3, -0.25) is 4.79 Å². The number of nitrogens with one attached hydrogen (secondary N) is 2. The molecule has 30 heavy (non-hydrogen) atoms. The molecule has 4 rings (SSSR count). The highest BCUT2D eigenvalue weighted by Crippen LogP contribution is 2.33. The van der Waals surface area contributed by atoms with Crippen LogP contribution in [0.1, 0.15) is 16.1 Å². The Hall–Kier alpha value is -3.94. The summed E-state index contributed by atoms with van der Waals surface area (Å²) in [7, 11) is 3.08. The molecule has 3 amide bonds. The van der Waals surface area contributed by atoms with Crippen LogP contribution in [0.4, 0.5) is 21.9 Å². The van der Waals surface area contributed by atoms with Crippen LogP contribution in [-0.4, -0.2) is 32.7 Å². The van der Waals surface area contributed by atoms with E-state index in [9.17, 15) is 9.59 Å². The average Bonchev–Trinajstić information content (AvgIpc) is 3.43. The van der Waals surface area contributed by atoms with Crippen LogP contribution in [-0.2, 0) is 6.42 Å². The first-order valence-electron chi connectivity index (χ1n) is 9.37. The van der Waals surface area contributed by atoms with Crippen LogP contribution >= 0.6 is 0 Å². The van der Waals surface area contributed by atoms with Crippen LogP contribution in [0.2, 0.25) is 0 Å². The molecule has 0 saturated carbocycles. The molecule has 0 atom stereocenters. The maximum atomic E-state index is 12.7. The number of amides is 3. The Bertz CT molecular complexity index is 1080. The van der Waals surface area contributed by atoms with E-state index in [4.69, 9.17) is 13.9 Å². The second kappa shape index (κ2) is 8.20. The van der Waals surface area contributed by atoms with Crippen molar-refractivity contribution in [1.29, 1.82) is 0 Å². The Labute approximate surface area is 173 Å². The molecule has 0 bridgehead atoms. The quantitative estimate of drug-likeness (QED) is 0.663. The van der Waals surface area contributed by atoms with E-state index in [1.807, 2.05) is 12.1 Å². The van der Waals surface area contributed by atoms with E-state index in [0.717, 1.165) is 17.7 Å². The maximum absolute atomic E-state index is 12.7. The Morgan fingerprint density at radius 1 is 0.967 bits per heavy atom. The third kappa shape index (κ3) is 3.80. The highest BCUT2D eigenvalue weighted by Gasteiger charge is 2.27. The lowest BCUT2D eigenvalue weighted by molar-refractivity contribution is 0.0963. The molecule has 0 saturated heterocycles. The molecule has 154 valence electrons. The number of carbonyl (C=O) groups is 2. The summed E-state index contributed by atoms with van der Waals surface area (Å²) in [5.74, 6) is 1.17. The lowest BCUT2D eigenvalue weighted by Crippen LogP contribution is -2.28. The van der Waals surface area contributed by atoms with Gasteiger partial charge in [-0.25, -0.2) is 4.79 Å². The second-order valence-corrected chi connectivity index (χ2v) is 6.68. The minimum absolute atomic E-state index is 0.203. The van der Waals surface area contributed by atoms with E-state index in [0.29, 0.717) is 29.4 Å². The van der Waals surface area contributed by atoms with Crippen LogP contribution in [0.15, 0.2) is 59.2 Å². The molecular formula is C22H21N3O5. The summed E-state index contributed by atoms with van der Waals surface area (Å²) in [4.78, 5) is 26.8. The van der Waals surface area contributed by atoms with Crippen LogP contribution in [0.5, 0.6) is 11.5 Å². The Balaban J connectivity index is 1.48. The largest absolute Gasteiger partial charge is 0.493 e. The Morgan fingerprint density at radius 2 is 1.70 bits per heavy atom. The molecule has 0 spiro atoms. The fourth-order valence-electron chi connectivity index (χ4n) is 3.41. The number of methoxy groups -OCH3 is 2. The molecular weight excluding hydrogens is 386 g/mol. The second-order valence-electron chi connectivity index (χ2n) is 6.68. The fraction of sp³-hybridized carbons (Fsp3) is 0.182. The first-order chi connectivity index (χ1) is 14.6. The summed E-state index contributed by atoms with van der Waals surface area (Å²) in [6.45, 7) is 0.566. The molecule has 0 fully saturated rings. The first-order valence-corrected chi connectivity index (χ1v) is 9.37. The van der Waals surface area contributed by atoms with E-state index in [1.165, 1.54) is 13.4 Å². The number of carbonyl (C=O) groups excluding carboxylic acids is 2. The summed E-state index contributed by atoms with van der Waals surface area (Å²) in [6.07, 6.45) is 2.22. The van der Waals surface area contributed by atoms with Crippen molar-refractivity contribution in [3.8, 4) is 11.5 Å². The van der Waals surface area contributed by atoms with Crippen LogP contribution in [0.3, 0.4) is 0 Å². The SMILES string of the molecule is COc1ccc(NC(=O)Nc2ccc3c(c2)N(C(=O)c2ccco2)CC3)cc1OC. The van der Waals surface area contributed by atoms with Crippen molar-refractivity contribution in [3.05, 3.63) is 66.1 Å². The zero-order valence-electron chi connectivity index (χ0n) is 16.6. The number of fused-ring (bicyclic) bond motifs is 1. The van der Waals surface area contributed by atoms with Gasteiger partial charge in [0.25, 0.3) is 5.91 Å². The number of anilines is 3. The van der Waals surface area contributed by atoms with E-state index in [2.05, 4.69) is 10.6 Å². The van der Waals surface area contributed by atoms with E-state index < -0.39 is 6.03 Å². The molecule has 1 aliphatic rings. The smallest absolute Gasteiger partial charge is 0.323 e. The molecule has 2 N–H and O–H groups in total. The number of nitrogens with zero attached hydrogens (tertiary/aromatic N) is 1. The number of hydrogen-bond donors (Lipinski definition) is 2. The number of hydrogen-bond acceptors (Lipinski definition) is 5. The summed E-state index contributed by atoms with van der Waals surface area (Å²) >= 11 is 0. The van der Waals surface area contributed by atoms with Gasteiger partial charge in [0.1, 0.15) is 0 Å². The van der Waals surface area contributed by atoms with Gasteiger partial charge in [0.05, 0.1) is 20.5 Å². The van der Waals surface area contributed by atoms with Gasteiger partial charge in [-0.2, -0.15) is 0 Å². The fourth-order valence-corrected chi connectivity index (χ4v) is 3.41. The molecule has 2 aromatic carbocycles. The zero-order chi connectivity index (χ0) is 21.1. The number of ether oxygens (including phenoxy) is 2.